The predicted molar refractivity (Wildman–Crippen MR) is 93.2 cm³/mol. The van der Waals surface area contributed by atoms with Crippen molar-refractivity contribution in [2.45, 2.75) is 31.6 Å². The maximum atomic E-state index is 6.38. The molecule has 3 rings (SSSR count). The molecule has 0 unspecified atom stereocenters. The van der Waals surface area contributed by atoms with Crippen LogP contribution in [0.4, 0.5) is 0 Å². The fourth-order valence-corrected chi connectivity index (χ4v) is 4.05. The first-order valence-corrected chi connectivity index (χ1v) is 8.80. The molecule has 1 fully saturated rings. The Morgan fingerprint density at radius 1 is 1.29 bits per heavy atom. The lowest BCUT2D eigenvalue weighted by Gasteiger charge is -2.23. The van der Waals surface area contributed by atoms with Crippen molar-refractivity contribution in [3.05, 3.63) is 41.0 Å². The van der Waals surface area contributed by atoms with Gasteiger partial charge in [-0.2, -0.15) is 11.8 Å². The van der Waals surface area contributed by atoms with Crippen LogP contribution in [0.2, 0.25) is 5.15 Å². The molecular formula is C17H21ClN2S. The van der Waals surface area contributed by atoms with Crippen LogP contribution in [0, 0.1) is 0 Å². The fraction of sp³-hybridized carbons (Fsp3) is 0.471. The van der Waals surface area contributed by atoms with Crippen molar-refractivity contribution in [1.29, 1.82) is 0 Å². The lowest BCUT2D eigenvalue weighted by molar-refractivity contribution is 0.276. The Morgan fingerprint density at radius 3 is 2.95 bits per heavy atom. The first-order valence-electron chi connectivity index (χ1n) is 7.44. The van der Waals surface area contributed by atoms with Crippen molar-refractivity contribution in [3.63, 3.8) is 0 Å². The molecule has 1 aliphatic heterocycles. The minimum Gasteiger partial charge on any atom is -0.298 e. The zero-order chi connectivity index (χ0) is 14.9. The summed E-state index contributed by atoms with van der Waals surface area (Å²) in [6.07, 6.45) is 1.22. The number of pyridine rings is 1. The molecule has 2 aromatic rings. The minimum absolute atomic E-state index is 0.389. The smallest absolute Gasteiger partial charge is 0.134 e. The molecule has 0 radical (unpaired) electrons. The molecule has 112 valence electrons. The first kappa shape index (κ1) is 15.1. The van der Waals surface area contributed by atoms with Crippen molar-refractivity contribution >= 4 is 34.3 Å². The van der Waals surface area contributed by atoms with Gasteiger partial charge in [-0.15, -0.1) is 0 Å². The topological polar surface area (TPSA) is 16.1 Å². The van der Waals surface area contributed by atoms with E-state index in [9.17, 15) is 0 Å². The predicted octanol–water partition coefficient (Wildman–Crippen LogP) is 4.61. The van der Waals surface area contributed by atoms with Crippen molar-refractivity contribution in [2.75, 3.05) is 18.8 Å². The number of aromatic nitrogens is 1. The number of benzene rings is 1. The van der Waals surface area contributed by atoms with E-state index in [0.29, 0.717) is 9.90 Å². The van der Waals surface area contributed by atoms with Crippen molar-refractivity contribution in [1.82, 2.24) is 9.88 Å². The molecule has 0 amide bonds. The summed E-state index contributed by atoms with van der Waals surface area (Å²) < 4.78 is 0.389. The highest BCUT2D eigenvalue weighted by atomic mass is 35.5. The van der Waals surface area contributed by atoms with Gasteiger partial charge >= 0.3 is 0 Å². The Kier molecular flexibility index (Phi) is 4.43. The summed E-state index contributed by atoms with van der Waals surface area (Å²) in [6.45, 7) is 7.82. The van der Waals surface area contributed by atoms with Gasteiger partial charge in [0, 0.05) is 34.5 Å². The van der Waals surface area contributed by atoms with Crippen LogP contribution in [0.5, 0.6) is 0 Å². The van der Waals surface area contributed by atoms with E-state index in [4.69, 9.17) is 11.6 Å². The van der Waals surface area contributed by atoms with E-state index in [2.05, 4.69) is 47.6 Å². The maximum absolute atomic E-state index is 6.38. The van der Waals surface area contributed by atoms with Gasteiger partial charge in [-0.3, -0.25) is 4.90 Å². The molecule has 21 heavy (non-hydrogen) atoms. The van der Waals surface area contributed by atoms with Gasteiger partial charge in [0.1, 0.15) is 5.15 Å². The van der Waals surface area contributed by atoms with E-state index in [0.717, 1.165) is 30.7 Å². The molecule has 2 heterocycles. The minimum atomic E-state index is 0.389. The van der Waals surface area contributed by atoms with Gasteiger partial charge in [-0.25, -0.2) is 4.98 Å². The van der Waals surface area contributed by atoms with E-state index >= 15 is 0 Å². The third-order valence-electron chi connectivity index (χ3n) is 4.07. The molecule has 1 saturated heterocycles. The van der Waals surface area contributed by atoms with E-state index in [1.807, 2.05) is 18.2 Å². The van der Waals surface area contributed by atoms with Crippen LogP contribution >= 0.6 is 23.4 Å². The Hall–Kier alpha value is -0.770. The second-order valence-corrected chi connectivity index (χ2v) is 8.43. The van der Waals surface area contributed by atoms with Gasteiger partial charge in [-0.1, -0.05) is 43.6 Å². The van der Waals surface area contributed by atoms with Gasteiger partial charge in [-0.05, 0) is 25.1 Å². The number of halogens is 1. The molecule has 1 aromatic heterocycles. The van der Waals surface area contributed by atoms with E-state index in [1.165, 1.54) is 17.6 Å². The largest absolute Gasteiger partial charge is 0.298 e. The Labute approximate surface area is 135 Å². The average Bonchev–Trinajstić information content (AvgIpc) is 2.61. The van der Waals surface area contributed by atoms with E-state index in [1.54, 1.807) is 0 Å². The second kappa shape index (κ2) is 6.15. The maximum Gasteiger partial charge on any atom is 0.134 e. The molecule has 4 heteroatoms. The second-order valence-electron chi connectivity index (χ2n) is 6.27. The van der Waals surface area contributed by atoms with Crippen LogP contribution in [0.3, 0.4) is 0 Å². The van der Waals surface area contributed by atoms with Gasteiger partial charge in [0.25, 0.3) is 0 Å². The molecular weight excluding hydrogens is 300 g/mol. The van der Waals surface area contributed by atoms with E-state index in [-0.39, 0.29) is 0 Å². The summed E-state index contributed by atoms with van der Waals surface area (Å²) >= 11 is 8.45. The number of hydrogen-bond donors (Lipinski definition) is 0. The van der Waals surface area contributed by atoms with Crippen molar-refractivity contribution < 1.29 is 0 Å². The zero-order valence-corrected chi connectivity index (χ0v) is 14.2. The Balaban J connectivity index is 1.79. The van der Waals surface area contributed by atoms with Crippen molar-refractivity contribution in [2.24, 2.45) is 0 Å². The summed E-state index contributed by atoms with van der Waals surface area (Å²) in [5, 5.41) is 1.81. The molecule has 1 aliphatic rings. The summed E-state index contributed by atoms with van der Waals surface area (Å²) in [5.41, 5.74) is 2.11. The molecule has 0 N–H and O–H groups in total. The summed E-state index contributed by atoms with van der Waals surface area (Å²) in [7, 11) is 0. The molecule has 0 bridgehead atoms. The van der Waals surface area contributed by atoms with Crippen LogP contribution in [-0.4, -0.2) is 33.5 Å². The molecule has 1 aromatic carbocycles. The SMILES string of the molecule is CC1(C)CCN(Cc2cc3ccccc3nc2Cl)CCS1. The van der Waals surface area contributed by atoms with Crippen LogP contribution in [0.15, 0.2) is 30.3 Å². The standard InChI is InChI=1S/C17H21ClN2S/c1-17(2)7-8-20(9-10-21-17)12-14-11-13-5-3-4-6-15(13)19-16(14)18/h3-6,11H,7-10,12H2,1-2H3. The molecule has 2 nitrogen and oxygen atoms in total. The van der Waals surface area contributed by atoms with E-state index < -0.39 is 0 Å². The van der Waals surface area contributed by atoms with Crippen LogP contribution in [0.25, 0.3) is 10.9 Å². The zero-order valence-electron chi connectivity index (χ0n) is 12.6. The Bertz CT molecular complexity index is 642. The molecule has 0 saturated carbocycles. The number of hydrogen-bond acceptors (Lipinski definition) is 3. The fourth-order valence-electron chi connectivity index (χ4n) is 2.71. The molecule has 0 spiro atoms. The van der Waals surface area contributed by atoms with Gasteiger partial charge in [0.05, 0.1) is 5.52 Å². The number of thioether (sulfide) groups is 1. The first-order chi connectivity index (χ1) is 10.0. The Morgan fingerprint density at radius 2 is 2.10 bits per heavy atom. The third-order valence-corrected chi connectivity index (χ3v) is 5.77. The quantitative estimate of drug-likeness (QED) is 0.752. The molecule has 0 atom stereocenters. The van der Waals surface area contributed by atoms with Gasteiger partial charge < -0.3 is 0 Å². The van der Waals surface area contributed by atoms with Crippen LogP contribution in [0.1, 0.15) is 25.8 Å². The summed E-state index contributed by atoms with van der Waals surface area (Å²) in [6, 6.07) is 10.3. The highest BCUT2D eigenvalue weighted by molar-refractivity contribution is 8.00. The number of nitrogens with zero attached hydrogens (tertiary/aromatic N) is 2. The third kappa shape index (κ3) is 3.71. The number of fused-ring (bicyclic) bond motifs is 1. The van der Waals surface area contributed by atoms with Crippen LogP contribution < -0.4 is 0 Å². The number of para-hydroxylation sites is 1. The highest BCUT2D eigenvalue weighted by Gasteiger charge is 2.24. The van der Waals surface area contributed by atoms with Crippen LogP contribution in [-0.2, 0) is 6.54 Å². The summed E-state index contributed by atoms with van der Waals surface area (Å²) in [4.78, 5) is 7.03. The lowest BCUT2D eigenvalue weighted by Crippen LogP contribution is -2.27. The normalized spacial score (nSPS) is 19.6. The monoisotopic (exact) mass is 320 g/mol. The van der Waals surface area contributed by atoms with Gasteiger partial charge in [0.15, 0.2) is 0 Å². The lowest BCUT2D eigenvalue weighted by atomic mass is 10.1. The highest BCUT2D eigenvalue weighted by Crippen LogP contribution is 2.31. The van der Waals surface area contributed by atoms with Gasteiger partial charge in [0.2, 0.25) is 0 Å². The molecule has 0 aliphatic carbocycles. The average molecular weight is 321 g/mol. The summed E-state index contributed by atoms with van der Waals surface area (Å²) in [5.74, 6) is 1.19. The van der Waals surface area contributed by atoms with Crippen molar-refractivity contribution in [3.8, 4) is 0 Å². The number of rotatable bonds is 2.